The van der Waals surface area contributed by atoms with Crippen molar-refractivity contribution >= 4 is 5.91 Å². The van der Waals surface area contributed by atoms with Gasteiger partial charge >= 0.3 is 0 Å². The topological polar surface area (TPSA) is 82.0 Å². The molecule has 2 fully saturated rings. The van der Waals surface area contributed by atoms with Crippen molar-refractivity contribution in [1.29, 1.82) is 0 Å². The molecule has 2 aliphatic heterocycles. The summed E-state index contributed by atoms with van der Waals surface area (Å²) in [6.45, 7) is 1.76. The zero-order valence-corrected chi connectivity index (χ0v) is 15.7. The van der Waals surface area contributed by atoms with Crippen molar-refractivity contribution in [3.05, 3.63) is 35.4 Å². The van der Waals surface area contributed by atoms with Crippen molar-refractivity contribution in [2.75, 3.05) is 19.7 Å². The number of aliphatic hydroxyl groups is 2. The molecule has 3 aliphatic rings. The average molecular weight is 374 g/mol. The van der Waals surface area contributed by atoms with Gasteiger partial charge in [0.05, 0.1) is 18.8 Å². The smallest absolute Gasteiger partial charge is 0.223 e. The summed E-state index contributed by atoms with van der Waals surface area (Å²) in [6, 6.07) is 8.17. The number of ether oxygens (including phenoxy) is 1. The predicted octanol–water partition coefficient (Wildman–Crippen LogP) is 0.840. The molecule has 0 radical (unpaired) electrons. The Hall–Kier alpha value is -1.47. The highest BCUT2D eigenvalue weighted by Gasteiger charge is 2.46. The molecule has 27 heavy (non-hydrogen) atoms. The second-order valence-electron chi connectivity index (χ2n) is 8.09. The average Bonchev–Trinajstić information content (AvgIpc) is 3.34. The van der Waals surface area contributed by atoms with E-state index >= 15 is 0 Å². The van der Waals surface area contributed by atoms with Crippen LogP contribution in [0.2, 0.25) is 0 Å². The number of benzene rings is 1. The van der Waals surface area contributed by atoms with Gasteiger partial charge in [-0.3, -0.25) is 9.69 Å². The van der Waals surface area contributed by atoms with E-state index in [0.29, 0.717) is 6.54 Å². The third kappa shape index (κ3) is 3.90. The van der Waals surface area contributed by atoms with Gasteiger partial charge in [-0.2, -0.15) is 0 Å². The van der Waals surface area contributed by atoms with Crippen LogP contribution in [0.1, 0.15) is 36.8 Å². The highest BCUT2D eigenvalue weighted by atomic mass is 16.5. The molecule has 6 heteroatoms. The molecule has 4 unspecified atom stereocenters. The summed E-state index contributed by atoms with van der Waals surface area (Å²) >= 11 is 0. The third-order valence-electron chi connectivity index (χ3n) is 6.43. The van der Waals surface area contributed by atoms with Gasteiger partial charge in [0.25, 0.3) is 0 Å². The first-order chi connectivity index (χ1) is 13.2. The summed E-state index contributed by atoms with van der Waals surface area (Å²) in [5.41, 5.74) is 2.63. The fourth-order valence-corrected chi connectivity index (χ4v) is 4.90. The van der Waals surface area contributed by atoms with Crippen LogP contribution < -0.4 is 5.32 Å². The van der Waals surface area contributed by atoms with Crippen molar-refractivity contribution in [2.24, 2.45) is 5.92 Å². The van der Waals surface area contributed by atoms with Crippen LogP contribution in [0.3, 0.4) is 0 Å². The van der Waals surface area contributed by atoms with Crippen LogP contribution in [0.15, 0.2) is 24.3 Å². The van der Waals surface area contributed by atoms with Crippen molar-refractivity contribution < 1.29 is 19.7 Å². The molecule has 0 aromatic heterocycles. The Balaban J connectivity index is 1.44. The largest absolute Gasteiger partial charge is 0.394 e. The highest BCUT2D eigenvalue weighted by Crippen LogP contribution is 2.30. The number of nitrogens with zero attached hydrogens (tertiary/aromatic N) is 1. The molecule has 1 amide bonds. The molecular formula is C21H30N2O4. The summed E-state index contributed by atoms with van der Waals surface area (Å²) in [6.07, 6.45) is 3.45. The lowest BCUT2D eigenvalue weighted by Crippen LogP contribution is -2.52. The lowest BCUT2D eigenvalue weighted by Gasteiger charge is -2.37. The minimum atomic E-state index is -0.756. The quantitative estimate of drug-likeness (QED) is 0.712. The molecule has 148 valence electrons. The Kier molecular flexibility index (Phi) is 5.78. The molecule has 1 aromatic carbocycles. The fourth-order valence-electron chi connectivity index (χ4n) is 4.90. The van der Waals surface area contributed by atoms with Crippen LogP contribution in [0.4, 0.5) is 0 Å². The van der Waals surface area contributed by atoms with E-state index in [1.165, 1.54) is 11.1 Å². The van der Waals surface area contributed by atoms with Gasteiger partial charge in [-0.15, -0.1) is 0 Å². The van der Waals surface area contributed by atoms with Crippen molar-refractivity contribution in [3.8, 4) is 0 Å². The van der Waals surface area contributed by atoms with Crippen LogP contribution >= 0.6 is 0 Å². The van der Waals surface area contributed by atoms with Crippen molar-refractivity contribution in [2.45, 2.75) is 63.0 Å². The molecule has 0 bridgehead atoms. The summed E-state index contributed by atoms with van der Waals surface area (Å²) < 4.78 is 5.93. The molecular weight excluding hydrogens is 344 g/mol. The lowest BCUT2D eigenvalue weighted by molar-refractivity contribution is -0.125. The van der Waals surface area contributed by atoms with Crippen LogP contribution in [0.25, 0.3) is 0 Å². The Bertz CT molecular complexity index is 661. The number of nitrogens with one attached hydrogen (secondary N) is 1. The Morgan fingerprint density at radius 2 is 1.93 bits per heavy atom. The fraction of sp³-hybridized carbons (Fsp3) is 0.667. The zero-order valence-electron chi connectivity index (χ0n) is 15.7. The summed E-state index contributed by atoms with van der Waals surface area (Å²) in [5.74, 6) is 0.214. The summed E-state index contributed by atoms with van der Waals surface area (Å²) in [4.78, 5) is 14.6. The molecule has 2 heterocycles. The van der Waals surface area contributed by atoms with E-state index in [2.05, 4.69) is 28.4 Å². The number of aliphatic hydroxyl groups excluding tert-OH is 2. The molecule has 0 spiro atoms. The normalized spacial score (nSPS) is 31.8. The van der Waals surface area contributed by atoms with E-state index in [0.717, 1.165) is 45.2 Å². The van der Waals surface area contributed by atoms with Gasteiger partial charge in [-0.1, -0.05) is 37.1 Å². The molecule has 3 N–H and O–H groups in total. The number of fused-ring (bicyclic) bond motifs is 1. The van der Waals surface area contributed by atoms with Gasteiger partial charge in [-0.05, 0) is 30.4 Å². The SMILES string of the molecule is O=C(NCC1OC(CO)C(O)C1N1CCc2ccccc2C1)C1CCCC1. The van der Waals surface area contributed by atoms with E-state index in [1.807, 2.05) is 6.07 Å². The van der Waals surface area contributed by atoms with Gasteiger partial charge in [0.1, 0.15) is 12.2 Å². The molecule has 1 saturated carbocycles. The van der Waals surface area contributed by atoms with E-state index in [-0.39, 0.29) is 30.6 Å². The number of rotatable bonds is 5. The maximum absolute atomic E-state index is 12.4. The van der Waals surface area contributed by atoms with Gasteiger partial charge in [-0.25, -0.2) is 0 Å². The molecule has 4 rings (SSSR count). The maximum atomic E-state index is 12.4. The number of hydrogen-bond donors (Lipinski definition) is 3. The number of amides is 1. The van der Waals surface area contributed by atoms with E-state index < -0.39 is 12.2 Å². The first-order valence-corrected chi connectivity index (χ1v) is 10.2. The number of carbonyl (C=O) groups is 1. The highest BCUT2D eigenvalue weighted by molar-refractivity contribution is 5.78. The molecule has 1 aliphatic carbocycles. The number of carbonyl (C=O) groups excluding carboxylic acids is 1. The van der Waals surface area contributed by atoms with Crippen LogP contribution in [0, 0.1) is 5.92 Å². The van der Waals surface area contributed by atoms with Gasteiger partial charge in [0.15, 0.2) is 0 Å². The second kappa shape index (κ2) is 8.27. The van der Waals surface area contributed by atoms with E-state index in [9.17, 15) is 15.0 Å². The van der Waals surface area contributed by atoms with Crippen LogP contribution in [0.5, 0.6) is 0 Å². The minimum Gasteiger partial charge on any atom is -0.394 e. The summed E-state index contributed by atoms with van der Waals surface area (Å²) in [7, 11) is 0. The van der Waals surface area contributed by atoms with Gasteiger partial charge in [0.2, 0.25) is 5.91 Å². The maximum Gasteiger partial charge on any atom is 0.223 e. The summed E-state index contributed by atoms with van der Waals surface area (Å²) in [5, 5.41) is 23.4. The third-order valence-corrected chi connectivity index (χ3v) is 6.43. The first kappa shape index (κ1) is 18.9. The van der Waals surface area contributed by atoms with Gasteiger partial charge < -0.3 is 20.3 Å². The molecule has 6 nitrogen and oxygen atoms in total. The number of hydrogen-bond acceptors (Lipinski definition) is 5. The van der Waals surface area contributed by atoms with Gasteiger partial charge in [0, 0.05) is 25.6 Å². The van der Waals surface area contributed by atoms with Crippen molar-refractivity contribution in [3.63, 3.8) is 0 Å². The Labute approximate surface area is 160 Å². The van der Waals surface area contributed by atoms with Crippen LogP contribution in [-0.2, 0) is 22.5 Å². The van der Waals surface area contributed by atoms with Crippen LogP contribution in [-0.4, -0.2) is 65.1 Å². The zero-order chi connectivity index (χ0) is 18.8. The lowest BCUT2D eigenvalue weighted by atomic mass is 9.95. The predicted molar refractivity (Wildman–Crippen MR) is 101 cm³/mol. The Morgan fingerprint density at radius 3 is 2.67 bits per heavy atom. The molecule has 1 saturated heterocycles. The van der Waals surface area contributed by atoms with E-state index in [1.54, 1.807) is 0 Å². The second-order valence-corrected chi connectivity index (χ2v) is 8.09. The first-order valence-electron chi connectivity index (χ1n) is 10.2. The van der Waals surface area contributed by atoms with Crippen molar-refractivity contribution in [1.82, 2.24) is 10.2 Å². The molecule has 1 aromatic rings. The molecule has 4 atom stereocenters. The minimum absolute atomic E-state index is 0.0979. The Morgan fingerprint density at radius 1 is 1.19 bits per heavy atom. The standard InChI is InChI=1S/C21H30N2O4/c24-13-18-20(25)19(23-10-9-14-5-1-4-8-16(14)12-23)17(27-18)11-22-21(26)15-6-2-3-7-15/h1,4-5,8,15,17-20,24-25H,2-3,6-7,9-13H2,(H,22,26). The monoisotopic (exact) mass is 374 g/mol. The van der Waals surface area contributed by atoms with E-state index in [4.69, 9.17) is 4.74 Å².